The number of hydrogen-bond donors (Lipinski definition) is 2. The summed E-state index contributed by atoms with van der Waals surface area (Å²) in [7, 11) is 0. The number of aliphatic hydroxyl groups is 1. The van der Waals surface area contributed by atoms with Gasteiger partial charge >= 0.3 is 18.3 Å². The van der Waals surface area contributed by atoms with Crippen LogP contribution in [0.1, 0.15) is 22.8 Å². The summed E-state index contributed by atoms with van der Waals surface area (Å²) in [6, 6.07) is 0.0516. The second-order valence-corrected chi connectivity index (χ2v) is 4.51. The lowest BCUT2D eigenvalue weighted by Gasteiger charge is -2.19. The van der Waals surface area contributed by atoms with Crippen molar-refractivity contribution in [2.24, 2.45) is 0 Å². The molecule has 1 rings (SSSR count). The van der Waals surface area contributed by atoms with E-state index in [0.29, 0.717) is 0 Å². The number of benzene rings is 1. The number of carboxylic acid groups (broad SMARTS) is 1. The van der Waals surface area contributed by atoms with E-state index >= 15 is 0 Å². The largest absolute Gasteiger partial charge is 0.479 e. The van der Waals surface area contributed by atoms with Gasteiger partial charge in [0.25, 0.3) is 0 Å². The van der Waals surface area contributed by atoms with E-state index in [1.165, 1.54) is 0 Å². The first-order chi connectivity index (χ1) is 8.85. The third kappa shape index (κ3) is 3.42. The number of rotatable bonds is 2. The molecule has 0 aromatic heterocycles. The van der Waals surface area contributed by atoms with Gasteiger partial charge in [-0.3, -0.25) is 0 Å². The van der Waals surface area contributed by atoms with Gasteiger partial charge in [-0.05, 0) is 12.1 Å². The Kier molecular flexibility index (Phi) is 4.39. The van der Waals surface area contributed by atoms with E-state index in [2.05, 4.69) is 15.9 Å². The Bertz CT molecular complexity index is 537. The molecule has 112 valence electrons. The molecule has 20 heavy (non-hydrogen) atoms. The minimum Gasteiger partial charge on any atom is -0.479 e. The summed E-state index contributed by atoms with van der Waals surface area (Å²) in [5, 5.41) is 17.6. The third-order valence-corrected chi connectivity index (χ3v) is 2.93. The summed E-state index contributed by atoms with van der Waals surface area (Å²) in [5.41, 5.74) is -4.55. The van der Waals surface area contributed by atoms with Crippen LogP contribution in [0.15, 0.2) is 16.6 Å². The molecule has 1 unspecified atom stereocenters. The van der Waals surface area contributed by atoms with Crippen LogP contribution < -0.4 is 0 Å². The Labute approximate surface area is 116 Å². The van der Waals surface area contributed by atoms with Crippen LogP contribution in [0.2, 0.25) is 0 Å². The third-order valence-electron chi connectivity index (χ3n) is 2.28. The maximum Gasteiger partial charge on any atom is 0.417 e. The zero-order valence-corrected chi connectivity index (χ0v) is 10.8. The van der Waals surface area contributed by atoms with Crippen LogP contribution in [0, 0.1) is 0 Å². The number of halogens is 7. The minimum absolute atomic E-state index is 0.0360. The summed E-state index contributed by atoms with van der Waals surface area (Å²) in [6.45, 7) is 0. The van der Waals surface area contributed by atoms with Crippen molar-refractivity contribution in [3.8, 4) is 0 Å². The van der Waals surface area contributed by atoms with E-state index in [1.54, 1.807) is 0 Å². The monoisotopic (exact) mass is 366 g/mol. The molecule has 0 amide bonds. The van der Waals surface area contributed by atoms with Gasteiger partial charge in [-0.2, -0.15) is 26.3 Å². The van der Waals surface area contributed by atoms with E-state index in [1.807, 2.05) is 0 Å². The molecule has 0 saturated carbocycles. The van der Waals surface area contributed by atoms with Gasteiger partial charge < -0.3 is 10.2 Å². The van der Waals surface area contributed by atoms with E-state index in [9.17, 15) is 31.1 Å². The Morgan fingerprint density at radius 2 is 1.50 bits per heavy atom. The summed E-state index contributed by atoms with van der Waals surface area (Å²) >= 11 is 2.35. The van der Waals surface area contributed by atoms with Gasteiger partial charge in [0.1, 0.15) is 0 Å². The second-order valence-electron chi connectivity index (χ2n) is 3.66. The first-order valence-corrected chi connectivity index (χ1v) is 5.53. The number of aliphatic hydroxyl groups excluding tert-OH is 1. The maximum absolute atomic E-state index is 12.7. The molecule has 2 N–H and O–H groups in total. The first kappa shape index (κ1) is 16.8. The molecule has 1 aromatic rings. The molecule has 10 heteroatoms. The number of hydrogen-bond acceptors (Lipinski definition) is 2. The second kappa shape index (κ2) is 5.24. The highest BCUT2D eigenvalue weighted by molar-refractivity contribution is 9.10. The van der Waals surface area contributed by atoms with Gasteiger partial charge in [0.15, 0.2) is 6.10 Å². The molecule has 1 atom stereocenters. The van der Waals surface area contributed by atoms with Crippen molar-refractivity contribution >= 4 is 21.9 Å². The smallest absolute Gasteiger partial charge is 0.417 e. The van der Waals surface area contributed by atoms with Gasteiger partial charge in [0.2, 0.25) is 0 Å². The van der Waals surface area contributed by atoms with Crippen LogP contribution in [-0.4, -0.2) is 16.2 Å². The molecule has 0 aliphatic heterocycles. The molecule has 0 aliphatic rings. The van der Waals surface area contributed by atoms with Gasteiger partial charge in [-0.25, -0.2) is 4.79 Å². The van der Waals surface area contributed by atoms with Crippen molar-refractivity contribution in [3.05, 3.63) is 33.3 Å². The SMILES string of the molecule is O=C(O)C(O)c1cc(C(F)(F)F)c(Br)cc1C(F)(F)F. The molecular formula is C10H5BrF6O3. The predicted octanol–water partition coefficient (Wildman–Crippen LogP) is 3.60. The minimum atomic E-state index is -5.11. The first-order valence-electron chi connectivity index (χ1n) is 4.74. The summed E-state index contributed by atoms with van der Waals surface area (Å²) < 4.78 is 74.9. The number of carboxylic acids is 1. The average molecular weight is 367 g/mol. The summed E-state index contributed by atoms with van der Waals surface area (Å²) in [5.74, 6) is -2.09. The lowest BCUT2D eigenvalue weighted by molar-refractivity contribution is -0.150. The fraction of sp³-hybridized carbons (Fsp3) is 0.300. The number of alkyl halides is 6. The van der Waals surface area contributed by atoms with Crippen molar-refractivity contribution in [1.82, 2.24) is 0 Å². The highest BCUT2D eigenvalue weighted by atomic mass is 79.9. The Hall–Kier alpha value is -1.29. The van der Waals surface area contributed by atoms with Gasteiger partial charge in [-0.15, -0.1) is 0 Å². The molecule has 0 radical (unpaired) electrons. The fourth-order valence-corrected chi connectivity index (χ4v) is 1.98. The van der Waals surface area contributed by atoms with E-state index in [4.69, 9.17) is 10.2 Å². The van der Waals surface area contributed by atoms with Gasteiger partial charge in [-0.1, -0.05) is 15.9 Å². The van der Waals surface area contributed by atoms with E-state index in [-0.39, 0.29) is 12.1 Å². The summed E-state index contributed by atoms with van der Waals surface area (Å²) in [4.78, 5) is 10.5. The quantitative estimate of drug-likeness (QED) is 0.786. The molecule has 0 spiro atoms. The molecule has 3 nitrogen and oxygen atoms in total. The number of carbonyl (C=O) groups is 1. The maximum atomic E-state index is 12.7. The van der Waals surface area contributed by atoms with E-state index in [0.717, 1.165) is 0 Å². The van der Waals surface area contributed by atoms with Crippen LogP contribution in [0.4, 0.5) is 26.3 Å². The zero-order chi connectivity index (χ0) is 15.9. The van der Waals surface area contributed by atoms with Crippen molar-refractivity contribution < 1.29 is 41.4 Å². The van der Waals surface area contributed by atoms with Crippen LogP contribution in [0.25, 0.3) is 0 Å². The Morgan fingerprint density at radius 3 is 1.85 bits per heavy atom. The van der Waals surface area contributed by atoms with Crippen molar-refractivity contribution in [2.75, 3.05) is 0 Å². The fourth-order valence-electron chi connectivity index (χ4n) is 1.41. The van der Waals surface area contributed by atoms with Crippen LogP contribution in [0.5, 0.6) is 0 Å². The number of aliphatic carboxylic acids is 1. The molecule has 0 heterocycles. The van der Waals surface area contributed by atoms with Gasteiger partial charge in [0, 0.05) is 10.0 Å². The normalized spacial score (nSPS) is 14.2. The molecule has 0 aliphatic carbocycles. The van der Waals surface area contributed by atoms with Crippen molar-refractivity contribution in [3.63, 3.8) is 0 Å². The molecule has 0 bridgehead atoms. The van der Waals surface area contributed by atoms with E-state index < -0.39 is 45.6 Å². The highest BCUT2D eigenvalue weighted by Crippen LogP contribution is 2.42. The molecule has 1 aromatic carbocycles. The van der Waals surface area contributed by atoms with Crippen LogP contribution in [0.3, 0.4) is 0 Å². The lowest BCUT2D eigenvalue weighted by atomic mass is 9.98. The predicted molar refractivity (Wildman–Crippen MR) is 56.7 cm³/mol. The zero-order valence-electron chi connectivity index (χ0n) is 9.18. The standard InChI is InChI=1S/C10H5BrF6O3/c11-6-2-4(9(12,13)14)3(7(18)8(19)20)1-5(6)10(15,16)17/h1-2,7,18H,(H,19,20). The van der Waals surface area contributed by atoms with Crippen LogP contribution in [-0.2, 0) is 17.1 Å². The summed E-state index contributed by atoms with van der Waals surface area (Å²) in [6.07, 6.45) is -12.8. The van der Waals surface area contributed by atoms with Gasteiger partial charge in [0.05, 0.1) is 11.1 Å². The topological polar surface area (TPSA) is 57.5 Å². The van der Waals surface area contributed by atoms with Crippen molar-refractivity contribution in [2.45, 2.75) is 18.5 Å². The highest BCUT2D eigenvalue weighted by Gasteiger charge is 2.41. The molecule has 0 fully saturated rings. The van der Waals surface area contributed by atoms with Crippen LogP contribution >= 0.6 is 15.9 Å². The molecular weight excluding hydrogens is 362 g/mol. The van der Waals surface area contributed by atoms with Crippen molar-refractivity contribution in [1.29, 1.82) is 0 Å². The molecule has 0 saturated heterocycles. The Balaban J connectivity index is 3.63. The lowest BCUT2D eigenvalue weighted by Crippen LogP contribution is -2.19. The Morgan fingerprint density at radius 1 is 1.05 bits per heavy atom. The average Bonchev–Trinajstić information content (AvgIpc) is 2.24.